The van der Waals surface area contributed by atoms with E-state index >= 15 is 0 Å². The van der Waals surface area contributed by atoms with Crippen molar-refractivity contribution in [2.75, 3.05) is 13.1 Å². The lowest BCUT2D eigenvalue weighted by Crippen LogP contribution is -2.43. The topological polar surface area (TPSA) is 3.24 Å². The fourth-order valence-corrected chi connectivity index (χ4v) is 3.37. The van der Waals surface area contributed by atoms with Crippen molar-refractivity contribution >= 4 is 0 Å². The third kappa shape index (κ3) is 3.48. The third-order valence-electron chi connectivity index (χ3n) is 4.50. The Balaban J connectivity index is 1.83. The molecule has 0 aromatic heterocycles. The first-order valence-electron chi connectivity index (χ1n) is 7.47. The van der Waals surface area contributed by atoms with Crippen molar-refractivity contribution in [3.8, 4) is 0 Å². The summed E-state index contributed by atoms with van der Waals surface area (Å²) in [7, 11) is 0. The van der Waals surface area contributed by atoms with E-state index in [1.807, 2.05) is 0 Å². The van der Waals surface area contributed by atoms with Crippen LogP contribution < -0.4 is 0 Å². The molecular formula is C15H28N. The number of rotatable bonds is 2. The van der Waals surface area contributed by atoms with E-state index in [4.69, 9.17) is 0 Å². The molecular weight excluding hydrogens is 194 g/mol. The summed E-state index contributed by atoms with van der Waals surface area (Å²) in [6.45, 7) is 5.02. The molecule has 1 radical (unpaired) electrons. The molecule has 1 nitrogen and oxygen atoms in total. The zero-order chi connectivity index (χ0) is 11.2. The van der Waals surface area contributed by atoms with Crippen LogP contribution in [0.15, 0.2) is 0 Å². The molecule has 0 aromatic carbocycles. The first-order chi connectivity index (χ1) is 7.90. The minimum absolute atomic E-state index is 0.874. The van der Waals surface area contributed by atoms with Crippen LogP contribution >= 0.6 is 0 Å². The van der Waals surface area contributed by atoms with Crippen molar-refractivity contribution in [3.63, 3.8) is 0 Å². The van der Waals surface area contributed by atoms with Gasteiger partial charge >= 0.3 is 0 Å². The highest BCUT2D eigenvalue weighted by Gasteiger charge is 2.25. The van der Waals surface area contributed by atoms with Crippen LogP contribution in [0.1, 0.15) is 64.7 Å². The zero-order valence-corrected chi connectivity index (χ0v) is 11.0. The molecule has 1 aliphatic carbocycles. The summed E-state index contributed by atoms with van der Waals surface area (Å²) in [6.07, 6.45) is 15.5. The molecule has 2 aliphatic rings. The van der Waals surface area contributed by atoms with Crippen LogP contribution in [0.2, 0.25) is 0 Å². The van der Waals surface area contributed by atoms with E-state index in [-0.39, 0.29) is 0 Å². The van der Waals surface area contributed by atoms with Gasteiger partial charge in [0, 0.05) is 12.6 Å². The van der Waals surface area contributed by atoms with E-state index in [2.05, 4.69) is 18.2 Å². The highest BCUT2D eigenvalue weighted by Crippen LogP contribution is 2.26. The van der Waals surface area contributed by atoms with Gasteiger partial charge in [0.2, 0.25) is 0 Å². The van der Waals surface area contributed by atoms with Crippen LogP contribution in [-0.2, 0) is 0 Å². The van der Waals surface area contributed by atoms with Crippen LogP contribution in [0, 0.1) is 12.3 Å². The highest BCUT2D eigenvalue weighted by atomic mass is 15.2. The molecule has 1 heterocycles. The van der Waals surface area contributed by atoms with E-state index in [9.17, 15) is 0 Å². The summed E-state index contributed by atoms with van der Waals surface area (Å²) in [5, 5.41) is 0. The van der Waals surface area contributed by atoms with E-state index in [1.54, 1.807) is 0 Å². The van der Waals surface area contributed by atoms with Crippen molar-refractivity contribution in [1.82, 2.24) is 4.90 Å². The van der Waals surface area contributed by atoms with Gasteiger partial charge in [-0.2, -0.15) is 0 Å². The second-order valence-electron chi connectivity index (χ2n) is 5.69. The summed E-state index contributed by atoms with van der Waals surface area (Å²) >= 11 is 0. The second-order valence-corrected chi connectivity index (χ2v) is 5.69. The minimum Gasteiger partial charge on any atom is -0.300 e. The van der Waals surface area contributed by atoms with Gasteiger partial charge in [-0.15, -0.1) is 0 Å². The maximum absolute atomic E-state index is 2.81. The molecule has 0 spiro atoms. The quantitative estimate of drug-likeness (QED) is 0.681. The van der Waals surface area contributed by atoms with Crippen LogP contribution in [0.25, 0.3) is 0 Å². The standard InChI is InChI=1S/C15H28N/c1-2-14-9-8-12-16(13-14)15-10-6-4-3-5-7-11-15/h9,14-15H,2-8,10-13H2,1H3. The molecule has 2 rings (SSSR count). The molecule has 2 fully saturated rings. The molecule has 0 N–H and O–H groups in total. The SMILES string of the molecule is CCC1[CH]CCN(C2CCCCCCC2)C1. The number of hydrogen-bond acceptors (Lipinski definition) is 1. The largest absolute Gasteiger partial charge is 0.300 e. The van der Waals surface area contributed by atoms with Gasteiger partial charge in [0.25, 0.3) is 0 Å². The molecule has 93 valence electrons. The van der Waals surface area contributed by atoms with E-state index in [1.165, 1.54) is 70.9 Å². The van der Waals surface area contributed by atoms with Crippen molar-refractivity contribution in [1.29, 1.82) is 0 Å². The van der Waals surface area contributed by atoms with Crippen molar-refractivity contribution in [2.45, 2.75) is 70.8 Å². The molecule has 0 amide bonds. The second kappa shape index (κ2) is 6.64. The fourth-order valence-electron chi connectivity index (χ4n) is 3.37. The van der Waals surface area contributed by atoms with Crippen molar-refractivity contribution < 1.29 is 0 Å². The summed E-state index contributed by atoms with van der Waals surface area (Å²) in [5.41, 5.74) is 0. The number of nitrogens with zero attached hydrogens (tertiary/aromatic N) is 1. The Kier molecular flexibility index (Phi) is 5.15. The monoisotopic (exact) mass is 222 g/mol. The molecule has 0 bridgehead atoms. The Hall–Kier alpha value is -0.0400. The number of hydrogen-bond donors (Lipinski definition) is 0. The van der Waals surface area contributed by atoms with Crippen molar-refractivity contribution in [3.05, 3.63) is 6.42 Å². The van der Waals surface area contributed by atoms with Gasteiger partial charge in [0.05, 0.1) is 0 Å². The van der Waals surface area contributed by atoms with Crippen LogP contribution in [0.3, 0.4) is 0 Å². The van der Waals surface area contributed by atoms with Gasteiger partial charge in [-0.3, -0.25) is 0 Å². The summed E-state index contributed by atoms with van der Waals surface area (Å²) in [6, 6.07) is 0.919. The normalized spacial score (nSPS) is 30.9. The lowest BCUT2D eigenvalue weighted by atomic mass is 9.90. The maximum atomic E-state index is 2.81. The van der Waals surface area contributed by atoms with Gasteiger partial charge in [-0.1, -0.05) is 45.4 Å². The lowest BCUT2D eigenvalue weighted by molar-refractivity contribution is 0.126. The van der Waals surface area contributed by atoms with Crippen LogP contribution in [-0.4, -0.2) is 24.0 Å². The van der Waals surface area contributed by atoms with Gasteiger partial charge in [-0.25, -0.2) is 0 Å². The van der Waals surface area contributed by atoms with E-state index in [0.717, 1.165) is 12.0 Å². The molecule has 16 heavy (non-hydrogen) atoms. The number of piperidine rings is 1. The van der Waals surface area contributed by atoms with E-state index in [0.29, 0.717) is 0 Å². The Labute approximate surface area is 102 Å². The van der Waals surface area contributed by atoms with Crippen LogP contribution in [0.5, 0.6) is 0 Å². The third-order valence-corrected chi connectivity index (χ3v) is 4.50. The predicted molar refractivity (Wildman–Crippen MR) is 70.4 cm³/mol. The minimum atomic E-state index is 0.874. The van der Waals surface area contributed by atoms with Gasteiger partial charge in [0.1, 0.15) is 0 Å². The first kappa shape index (κ1) is 12.4. The van der Waals surface area contributed by atoms with E-state index < -0.39 is 0 Å². The first-order valence-corrected chi connectivity index (χ1v) is 7.47. The maximum Gasteiger partial charge on any atom is 0.00953 e. The molecule has 1 saturated heterocycles. The average molecular weight is 222 g/mol. The summed E-state index contributed by atoms with van der Waals surface area (Å²) in [4.78, 5) is 2.81. The van der Waals surface area contributed by atoms with Crippen molar-refractivity contribution in [2.24, 2.45) is 5.92 Å². The van der Waals surface area contributed by atoms with Gasteiger partial charge < -0.3 is 4.90 Å². The lowest BCUT2D eigenvalue weighted by Gasteiger charge is -2.38. The summed E-state index contributed by atoms with van der Waals surface area (Å²) in [5.74, 6) is 0.874. The Morgan fingerprint density at radius 3 is 2.44 bits per heavy atom. The molecule has 1 saturated carbocycles. The van der Waals surface area contributed by atoms with Gasteiger partial charge in [0.15, 0.2) is 0 Å². The fraction of sp³-hybridized carbons (Fsp3) is 0.933. The molecule has 1 aliphatic heterocycles. The highest BCUT2D eigenvalue weighted by molar-refractivity contribution is 4.88. The molecule has 0 aromatic rings. The Morgan fingerprint density at radius 1 is 1.06 bits per heavy atom. The number of likely N-dealkylation sites (tertiary alicyclic amines) is 1. The Bertz CT molecular complexity index is 182. The smallest absolute Gasteiger partial charge is 0.00953 e. The average Bonchev–Trinajstić information content (AvgIpc) is 2.29. The zero-order valence-electron chi connectivity index (χ0n) is 11.0. The van der Waals surface area contributed by atoms with Gasteiger partial charge in [-0.05, 0) is 38.1 Å². The predicted octanol–water partition coefficient (Wildman–Crippen LogP) is 4.04. The molecule has 1 unspecified atom stereocenters. The van der Waals surface area contributed by atoms with Crippen LogP contribution in [0.4, 0.5) is 0 Å². The molecule has 1 heteroatoms. The Morgan fingerprint density at radius 2 is 1.75 bits per heavy atom. The molecule has 1 atom stereocenters. The summed E-state index contributed by atoms with van der Waals surface area (Å²) < 4.78 is 0.